The maximum atomic E-state index is 12.4. The molecule has 0 saturated heterocycles. The van der Waals surface area contributed by atoms with Gasteiger partial charge in [0.05, 0.1) is 12.6 Å². The van der Waals surface area contributed by atoms with Crippen LogP contribution in [0.4, 0.5) is 5.69 Å². The van der Waals surface area contributed by atoms with Crippen LogP contribution >= 0.6 is 11.3 Å². The maximum absolute atomic E-state index is 12.4. The minimum atomic E-state index is -0.217. The molecule has 124 valence electrons. The lowest BCUT2D eigenvalue weighted by Gasteiger charge is -2.08. The van der Waals surface area contributed by atoms with E-state index in [9.17, 15) is 9.59 Å². The normalized spacial score (nSPS) is 10.6. The number of fused-ring (bicyclic) bond motifs is 1. The SMILES string of the molecule is CNC(=O)Cn1ccc2ccc(NC(=O)c3sccc3OC)cc21. The van der Waals surface area contributed by atoms with Crippen LogP contribution in [-0.2, 0) is 11.3 Å². The Bertz CT molecular complexity index is 898. The highest BCUT2D eigenvalue weighted by molar-refractivity contribution is 7.12. The molecule has 1 aromatic carbocycles. The maximum Gasteiger partial charge on any atom is 0.269 e. The van der Waals surface area contributed by atoms with Crippen molar-refractivity contribution in [1.29, 1.82) is 0 Å². The molecule has 2 heterocycles. The van der Waals surface area contributed by atoms with E-state index in [-0.39, 0.29) is 18.4 Å². The summed E-state index contributed by atoms with van der Waals surface area (Å²) >= 11 is 1.33. The van der Waals surface area contributed by atoms with Gasteiger partial charge >= 0.3 is 0 Å². The molecule has 0 aliphatic carbocycles. The zero-order valence-corrected chi connectivity index (χ0v) is 14.1. The van der Waals surface area contributed by atoms with E-state index >= 15 is 0 Å². The first-order valence-electron chi connectivity index (χ1n) is 7.34. The average molecular weight is 343 g/mol. The van der Waals surface area contributed by atoms with Crippen LogP contribution in [0.25, 0.3) is 10.9 Å². The van der Waals surface area contributed by atoms with Gasteiger partial charge in [-0.15, -0.1) is 11.3 Å². The molecule has 0 aliphatic heterocycles. The summed E-state index contributed by atoms with van der Waals surface area (Å²) in [6, 6.07) is 9.31. The number of carbonyl (C=O) groups excluding carboxylic acids is 2. The van der Waals surface area contributed by atoms with Crippen LogP contribution in [0.3, 0.4) is 0 Å². The molecule has 2 amide bonds. The molecule has 0 radical (unpaired) electrons. The summed E-state index contributed by atoms with van der Waals surface area (Å²) in [5.74, 6) is 0.262. The highest BCUT2D eigenvalue weighted by atomic mass is 32.1. The van der Waals surface area contributed by atoms with Gasteiger partial charge in [-0.05, 0) is 35.0 Å². The Morgan fingerprint density at radius 2 is 2.08 bits per heavy atom. The number of hydrogen-bond donors (Lipinski definition) is 2. The molecule has 7 heteroatoms. The third kappa shape index (κ3) is 3.11. The summed E-state index contributed by atoms with van der Waals surface area (Å²) in [5, 5.41) is 8.29. The van der Waals surface area contributed by atoms with Crippen molar-refractivity contribution in [2.24, 2.45) is 0 Å². The number of ether oxygens (including phenoxy) is 1. The summed E-state index contributed by atoms with van der Waals surface area (Å²) < 4.78 is 7.02. The van der Waals surface area contributed by atoms with Gasteiger partial charge in [0.2, 0.25) is 5.91 Å². The Balaban J connectivity index is 1.86. The van der Waals surface area contributed by atoms with E-state index in [1.54, 1.807) is 13.1 Å². The van der Waals surface area contributed by atoms with Crippen LogP contribution in [0.2, 0.25) is 0 Å². The number of anilines is 1. The van der Waals surface area contributed by atoms with E-state index in [2.05, 4.69) is 10.6 Å². The minimum absolute atomic E-state index is 0.0785. The summed E-state index contributed by atoms with van der Waals surface area (Å²) in [5.41, 5.74) is 1.55. The fraction of sp³-hybridized carbons (Fsp3) is 0.176. The molecule has 0 aliphatic rings. The molecular formula is C17H17N3O3S. The molecule has 2 aromatic heterocycles. The van der Waals surface area contributed by atoms with E-state index in [4.69, 9.17) is 4.74 Å². The predicted octanol–water partition coefficient (Wildman–Crippen LogP) is 2.71. The van der Waals surface area contributed by atoms with Gasteiger partial charge in [0.1, 0.15) is 17.2 Å². The number of carbonyl (C=O) groups is 2. The predicted molar refractivity (Wildman–Crippen MR) is 94.8 cm³/mol. The highest BCUT2D eigenvalue weighted by Gasteiger charge is 2.14. The van der Waals surface area contributed by atoms with Crippen LogP contribution in [0.5, 0.6) is 5.75 Å². The standard InChI is InChI=1S/C17H17N3O3S/c1-18-15(21)10-20-7-5-11-3-4-12(9-13(11)20)19-17(22)16-14(23-2)6-8-24-16/h3-9H,10H2,1-2H3,(H,18,21)(H,19,22). The van der Waals surface area contributed by atoms with Crippen molar-refractivity contribution in [2.75, 3.05) is 19.5 Å². The lowest BCUT2D eigenvalue weighted by atomic mass is 10.2. The van der Waals surface area contributed by atoms with Crippen LogP contribution in [0.15, 0.2) is 41.9 Å². The number of nitrogens with zero attached hydrogens (tertiary/aromatic N) is 1. The van der Waals surface area contributed by atoms with Crippen molar-refractivity contribution in [3.05, 3.63) is 46.8 Å². The fourth-order valence-electron chi connectivity index (χ4n) is 2.44. The molecule has 24 heavy (non-hydrogen) atoms. The summed E-state index contributed by atoms with van der Waals surface area (Å²) in [4.78, 5) is 24.5. The van der Waals surface area contributed by atoms with Gasteiger partial charge in [-0.1, -0.05) is 6.07 Å². The molecular weight excluding hydrogens is 326 g/mol. The zero-order chi connectivity index (χ0) is 17.1. The van der Waals surface area contributed by atoms with Gasteiger partial charge in [-0.2, -0.15) is 0 Å². The summed E-state index contributed by atoms with van der Waals surface area (Å²) in [7, 11) is 3.14. The quantitative estimate of drug-likeness (QED) is 0.748. The van der Waals surface area contributed by atoms with Crippen molar-refractivity contribution < 1.29 is 14.3 Å². The van der Waals surface area contributed by atoms with Crippen LogP contribution in [-0.4, -0.2) is 30.5 Å². The number of benzene rings is 1. The first-order valence-corrected chi connectivity index (χ1v) is 8.22. The lowest BCUT2D eigenvalue weighted by Crippen LogP contribution is -2.23. The molecule has 3 rings (SSSR count). The van der Waals surface area contributed by atoms with Gasteiger partial charge < -0.3 is 19.9 Å². The van der Waals surface area contributed by atoms with E-state index in [0.717, 1.165) is 10.9 Å². The molecule has 2 N–H and O–H groups in total. The number of amides is 2. The van der Waals surface area contributed by atoms with Gasteiger partial charge in [0.15, 0.2) is 0 Å². The van der Waals surface area contributed by atoms with Crippen molar-refractivity contribution in [3.8, 4) is 5.75 Å². The Morgan fingerprint density at radius 3 is 2.83 bits per heavy atom. The average Bonchev–Trinajstić information content (AvgIpc) is 3.21. The molecule has 0 unspecified atom stereocenters. The molecule has 0 spiro atoms. The monoisotopic (exact) mass is 343 g/mol. The Hall–Kier alpha value is -2.80. The van der Waals surface area contributed by atoms with Crippen LogP contribution < -0.4 is 15.4 Å². The van der Waals surface area contributed by atoms with Crippen molar-refractivity contribution in [1.82, 2.24) is 9.88 Å². The summed E-state index contributed by atoms with van der Waals surface area (Å²) in [6.07, 6.45) is 1.85. The van der Waals surface area contributed by atoms with Crippen LogP contribution in [0.1, 0.15) is 9.67 Å². The second-order valence-corrected chi connectivity index (χ2v) is 6.08. The second kappa shape index (κ2) is 6.76. The number of thiophene rings is 1. The van der Waals surface area contributed by atoms with Gasteiger partial charge in [0.25, 0.3) is 5.91 Å². The van der Waals surface area contributed by atoms with Crippen molar-refractivity contribution in [2.45, 2.75) is 6.54 Å². The van der Waals surface area contributed by atoms with E-state index < -0.39 is 0 Å². The third-order valence-corrected chi connectivity index (χ3v) is 4.57. The summed E-state index contributed by atoms with van der Waals surface area (Å²) in [6.45, 7) is 0.232. The number of aromatic nitrogens is 1. The third-order valence-electron chi connectivity index (χ3n) is 3.68. The smallest absolute Gasteiger partial charge is 0.269 e. The van der Waals surface area contributed by atoms with Gasteiger partial charge in [0, 0.05) is 18.9 Å². The lowest BCUT2D eigenvalue weighted by molar-refractivity contribution is -0.121. The second-order valence-electron chi connectivity index (χ2n) is 5.16. The Labute approximate surface area is 143 Å². The largest absolute Gasteiger partial charge is 0.495 e. The molecule has 0 bridgehead atoms. The number of nitrogens with one attached hydrogen (secondary N) is 2. The number of rotatable bonds is 5. The fourth-order valence-corrected chi connectivity index (χ4v) is 3.20. The van der Waals surface area contributed by atoms with Crippen LogP contribution in [0, 0.1) is 0 Å². The molecule has 0 atom stereocenters. The van der Waals surface area contributed by atoms with Crippen molar-refractivity contribution >= 4 is 39.7 Å². The zero-order valence-electron chi connectivity index (χ0n) is 13.3. The van der Waals surface area contributed by atoms with Gasteiger partial charge in [-0.25, -0.2) is 0 Å². The Morgan fingerprint density at radius 1 is 1.25 bits per heavy atom. The number of methoxy groups -OCH3 is 1. The van der Waals surface area contributed by atoms with E-state index in [1.807, 2.05) is 40.4 Å². The van der Waals surface area contributed by atoms with E-state index in [1.165, 1.54) is 18.4 Å². The van der Waals surface area contributed by atoms with Crippen molar-refractivity contribution in [3.63, 3.8) is 0 Å². The molecule has 0 saturated carbocycles. The minimum Gasteiger partial charge on any atom is -0.495 e. The van der Waals surface area contributed by atoms with E-state index in [0.29, 0.717) is 16.3 Å². The topological polar surface area (TPSA) is 72.4 Å². The molecule has 6 nitrogen and oxygen atoms in total. The first-order chi connectivity index (χ1) is 11.6. The molecule has 3 aromatic rings. The van der Waals surface area contributed by atoms with Gasteiger partial charge in [-0.3, -0.25) is 9.59 Å². The Kier molecular flexibility index (Phi) is 4.52. The number of hydrogen-bond acceptors (Lipinski definition) is 4. The first kappa shape index (κ1) is 16.1. The number of likely N-dealkylation sites (N-methyl/N-ethyl adjacent to an activating group) is 1. The highest BCUT2D eigenvalue weighted by Crippen LogP contribution is 2.26. The molecule has 0 fully saturated rings.